The van der Waals surface area contributed by atoms with Crippen LogP contribution in [0.3, 0.4) is 0 Å². The Kier molecular flexibility index (Phi) is 6.01. The van der Waals surface area contributed by atoms with Crippen LogP contribution in [-0.4, -0.2) is 11.8 Å². The molecule has 6 nitrogen and oxygen atoms in total. The lowest BCUT2D eigenvalue weighted by molar-refractivity contribution is -0.117. The zero-order chi connectivity index (χ0) is 27.9. The van der Waals surface area contributed by atoms with Gasteiger partial charge in [0.1, 0.15) is 23.0 Å². The molecular formula is C35H26N2O4. The van der Waals surface area contributed by atoms with Crippen molar-refractivity contribution < 1.29 is 19.1 Å². The number of anilines is 2. The van der Waals surface area contributed by atoms with E-state index in [-0.39, 0.29) is 11.8 Å². The first-order valence-electron chi connectivity index (χ1n) is 13.5. The summed E-state index contributed by atoms with van der Waals surface area (Å²) >= 11 is 0. The first-order chi connectivity index (χ1) is 20.1. The summed E-state index contributed by atoms with van der Waals surface area (Å²) in [5, 5.41) is 6.22. The van der Waals surface area contributed by atoms with E-state index in [0.29, 0.717) is 34.4 Å². The Labute approximate surface area is 237 Å². The number of hydrogen-bond acceptors (Lipinski definition) is 4. The average molecular weight is 539 g/mol. The second-order valence-electron chi connectivity index (χ2n) is 10.2. The summed E-state index contributed by atoms with van der Waals surface area (Å²) < 4.78 is 12.2. The van der Waals surface area contributed by atoms with E-state index >= 15 is 0 Å². The van der Waals surface area contributed by atoms with Gasteiger partial charge in [0, 0.05) is 22.3 Å². The molecule has 0 bridgehead atoms. The summed E-state index contributed by atoms with van der Waals surface area (Å²) in [6.07, 6.45) is 0. The maximum atomic E-state index is 14.0. The predicted molar refractivity (Wildman–Crippen MR) is 158 cm³/mol. The van der Waals surface area contributed by atoms with Gasteiger partial charge in [-0.25, -0.2) is 0 Å². The van der Waals surface area contributed by atoms with Crippen LogP contribution in [0.4, 0.5) is 11.4 Å². The number of ether oxygens (including phenoxy) is 2. The highest BCUT2D eigenvalue weighted by Gasteiger charge is 2.34. The van der Waals surface area contributed by atoms with Crippen molar-refractivity contribution >= 4 is 23.2 Å². The van der Waals surface area contributed by atoms with E-state index in [0.717, 1.165) is 27.8 Å². The highest BCUT2D eigenvalue weighted by Crippen LogP contribution is 2.46. The fraction of sp³-hybridized carbons (Fsp3) is 0.0857. The van der Waals surface area contributed by atoms with Gasteiger partial charge in [-0.1, -0.05) is 78.9 Å². The van der Waals surface area contributed by atoms with Crippen LogP contribution in [0.2, 0.25) is 0 Å². The number of hydrogen-bond donors (Lipinski definition) is 2. The molecule has 6 heteroatoms. The Morgan fingerprint density at radius 1 is 0.512 bits per heavy atom. The van der Waals surface area contributed by atoms with Crippen molar-refractivity contribution in [1.29, 1.82) is 0 Å². The zero-order valence-electron chi connectivity index (χ0n) is 22.3. The molecule has 200 valence electrons. The molecule has 41 heavy (non-hydrogen) atoms. The molecule has 2 amide bonds. The Morgan fingerprint density at radius 2 is 0.878 bits per heavy atom. The molecule has 0 aromatic heterocycles. The fourth-order valence-electron chi connectivity index (χ4n) is 5.67. The Hall–Kier alpha value is -5.36. The first kappa shape index (κ1) is 24.7. The van der Waals surface area contributed by atoms with Crippen molar-refractivity contribution in [3.63, 3.8) is 0 Å². The lowest BCUT2D eigenvalue weighted by atomic mass is 9.87. The lowest BCUT2D eigenvalue weighted by Crippen LogP contribution is -2.27. The first-order valence-corrected chi connectivity index (χ1v) is 13.5. The van der Waals surface area contributed by atoms with E-state index in [1.807, 2.05) is 122 Å². The number of carbonyl (C=O) groups excluding carboxylic acids is 2. The molecule has 7 rings (SSSR count). The van der Waals surface area contributed by atoms with Crippen LogP contribution < -0.4 is 20.1 Å². The summed E-state index contributed by atoms with van der Waals surface area (Å²) in [6.45, 7) is 1.95. The van der Waals surface area contributed by atoms with Gasteiger partial charge >= 0.3 is 0 Å². The van der Waals surface area contributed by atoms with Crippen LogP contribution >= 0.6 is 0 Å². The molecule has 2 heterocycles. The summed E-state index contributed by atoms with van der Waals surface area (Å²) in [5.74, 6) is 1.04. The normalized spacial score (nSPS) is 13.4. The highest BCUT2D eigenvalue weighted by molar-refractivity contribution is 6.06. The monoisotopic (exact) mass is 538 g/mol. The SMILES string of the molecule is Cc1ccc(NC(=O)C2c3ccccc3Oc3ccccc32)c(NC(=O)C2c3ccccc3Oc3ccccc32)c1. The maximum Gasteiger partial charge on any atom is 0.236 e. The van der Waals surface area contributed by atoms with Crippen LogP contribution in [0.5, 0.6) is 23.0 Å². The third-order valence-electron chi connectivity index (χ3n) is 7.58. The van der Waals surface area contributed by atoms with Gasteiger partial charge < -0.3 is 20.1 Å². The average Bonchev–Trinajstić information content (AvgIpc) is 2.99. The molecule has 0 spiro atoms. The number of aryl methyl sites for hydroxylation is 1. The molecule has 0 radical (unpaired) electrons. The van der Waals surface area contributed by atoms with Crippen LogP contribution in [-0.2, 0) is 9.59 Å². The zero-order valence-corrected chi connectivity index (χ0v) is 22.3. The van der Waals surface area contributed by atoms with Crippen LogP contribution in [0.15, 0.2) is 115 Å². The summed E-state index contributed by atoms with van der Waals surface area (Å²) in [7, 11) is 0. The van der Waals surface area contributed by atoms with Crippen LogP contribution in [0, 0.1) is 6.92 Å². The molecule has 2 N–H and O–H groups in total. The number of nitrogens with one attached hydrogen (secondary N) is 2. The molecule has 5 aromatic carbocycles. The molecule has 0 saturated carbocycles. The number of amides is 2. The number of para-hydroxylation sites is 4. The summed E-state index contributed by atoms with van der Waals surface area (Å²) in [6, 6.07) is 35.9. The summed E-state index contributed by atoms with van der Waals surface area (Å²) in [5.41, 5.74) is 5.15. The van der Waals surface area contributed by atoms with Gasteiger partial charge in [-0.15, -0.1) is 0 Å². The van der Waals surface area contributed by atoms with E-state index in [1.165, 1.54) is 0 Å². The number of fused-ring (bicyclic) bond motifs is 4. The van der Waals surface area contributed by atoms with Crippen LogP contribution in [0.1, 0.15) is 39.7 Å². The Bertz CT molecular complexity index is 1740. The van der Waals surface area contributed by atoms with Crippen molar-refractivity contribution in [2.24, 2.45) is 0 Å². The molecule has 5 aromatic rings. The quantitative estimate of drug-likeness (QED) is 0.245. The van der Waals surface area contributed by atoms with Crippen molar-refractivity contribution in [3.8, 4) is 23.0 Å². The van der Waals surface area contributed by atoms with Crippen LogP contribution in [0.25, 0.3) is 0 Å². The minimum absolute atomic E-state index is 0.212. The van der Waals surface area contributed by atoms with Gasteiger partial charge in [0.25, 0.3) is 0 Å². The van der Waals surface area contributed by atoms with Gasteiger partial charge in [0.2, 0.25) is 11.8 Å². The third-order valence-corrected chi connectivity index (χ3v) is 7.58. The molecular weight excluding hydrogens is 512 g/mol. The van der Waals surface area contributed by atoms with E-state index in [9.17, 15) is 9.59 Å². The maximum absolute atomic E-state index is 14.0. The third kappa shape index (κ3) is 4.39. The lowest BCUT2D eigenvalue weighted by Gasteiger charge is -2.28. The van der Waals surface area contributed by atoms with Gasteiger partial charge in [0.15, 0.2) is 0 Å². The number of rotatable bonds is 4. The summed E-state index contributed by atoms with van der Waals surface area (Å²) in [4.78, 5) is 27.9. The fourth-order valence-corrected chi connectivity index (χ4v) is 5.67. The van der Waals surface area contributed by atoms with Gasteiger partial charge in [-0.3, -0.25) is 9.59 Å². The molecule has 0 unspecified atom stereocenters. The molecule has 2 aliphatic rings. The molecule has 0 saturated heterocycles. The molecule has 0 fully saturated rings. The molecule has 2 aliphatic heterocycles. The van der Waals surface area contributed by atoms with Crippen molar-refractivity contribution in [1.82, 2.24) is 0 Å². The smallest absolute Gasteiger partial charge is 0.236 e. The highest BCUT2D eigenvalue weighted by atomic mass is 16.5. The minimum atomic E-state index is -0.575. The predicted octanol–water partition coefficient (Wildman–Crippen LogP) is 7.75. The molecule has 0 aliphatic carbocycles. The second kappa shape index (κ2) is 9.99. The Morgan fingerprint density at radius 3 is 1.29 bits per heavy atom. The number of carbonyl (C=O) groups is 2. The van der Waals surface area contributed by atoms with Gasteiger partial charge in [0.05, 0.1) is 23.2 Å². The molecule has 0 atom stereocenters. The van der Waals surface area contributed by atoms with E-state index in [1.54, 1.807) is 0 Å². The van der Waals surface area contributed by atoms with Crippen molar-refractivity contribution in [2.75, 3.05) is 10.6 Å². The van der Waals surface area contributed by atoms with Crippen molar-refractivity contribution in [3.05, 3.63) is 143 Å². The number of benzene rings is 5. The minimum Gasteiger partial charge on any atom is -0.457 e. The topological polar surface area (TPSA) is 76.7 Å². The Balaban J connectivity index is 1.22. The van der Waals surface area contributed by atoms with E-state index in [2.05, 4.69) is 10.6 Å². The van der Waals surface area contributed by atoms with Gasteiger partial charge in [-0.05, 0) is 48.9 Å². The van der Waals surface area contributed by atoms with E-state index < -0.39 is 11.8 Å². The largest absolute Gasteiger partial charge is 0.457 e. The second-order valence-corrected chi connectivity index (χ2v) is 10.2. The standard InChI is InChI=1S/C35H26N2O4/c1-21-18-19-26(36-34(38)32-22-10-2-6-14-28(22)40-29-15-7-3-11-23(29)32)27(20-21)37-35(39)33-24-12-4-8-16-30(24)41-31-17-9-5-13-25(31)33/h2-20,32-33H,1H3,(H,36,38)(H,37,39). The van der Waals surface area contributed by atoms with Crippen molar-refractivity contribution in [2.45, 2.75) is 18.8 Å². The van der Waals surface area contributed by atoms with E-state index in [4.69, 9.17) is 9.47 Å². The van der Waals surface area contributed by atoms with Gasteiger partial charge in [-0.2, -0.15) is 0 Å².